The summed E-state index contributed by atoms with van der Waals surface area (Å²) in [4.78, 5) is 22.9. The van der Waals surface area contributed by atoms with E-state index < -0.39 is 11.9 Å². The largest absolute Gasteiger partial charge is 0.434 e. The SMILES string of the molecule is CC1C(C2=CCN=C2)OCCN1c1nccc(-c2cnc3cnc(C(F)(F)F)cn23)n1. The van der Waals surface area contributed by atoms with Crippen molar-refractivity contribution in [2.45, 2.75) is 25.2 Å². The van der Waals surface area contributed by atoms with Crippen LogP contribution in [0.25, 0.3) is 17.0 Å². The Morgan fingerprint density at radius 3 is 2.81 bits per heavy atom. The van der Waals surface area contributed by atoms with Crippen LogP contribution in [0, 0.1) is 0 Å². The van der Waals surface area contributed by atoms with E-state index in [2.05, 4.69) is 24.9 Å². The van der Waals surface area contributed by atoms with Gasteiger partial charge in [-0.2, -0.15) is 13.2 Å². The summed E-state index contributed by atoms with van der Waals surface area (Å²) >= 11 is 0. The molecule has 0 aliphatic carbocycles. The van der Waals surface area contributed by atoms with E-state index in [-0.39, 0.29) is 12.1 Å². The molecule has 160 valence electrons. The second kappa shape index (κ2) is 7.41. The van der Waals surface area contributed by atoms with Crippen LogP contribution in [0.15, 0.2) is 47.5 Å². The predicted octanol–water partition coefficient (Wildman–Crippen LogP) is 2.81. The molecule has 3 aromatic heterocycles. The number of imidazole rings is 1. The molecule has 0 radical (unpaired) electrons. The van der Waals surface area contributed by atoms with E-state index in [1.807, 2.05) is 24.1 Å². The fourth-order valence-corrected chi connectivity index (χ4v) is 3.85. The van der Waals surface area contributed by atoms with Crippen molar-refractivity contribution in [2.24, 2.45) is 4.99 Å². The van der Waals surface area contributed by atoms with Crippen molar-refractivity contribution in [1.82, 2.24) is 24.3 Å². The number of hydrogen-bond acceptors (Lipinski definition) is 7. The average Bonchev–Trinajstić information content (AvgIpc) is 3.43. The van der Waals surface area contributed by atoms with Crippen LogP contribution in [-0.4, -0.2) is 62.4 Å². The number of nitrogens with zero attached hydrogens (tertiary/aromatic N) is 7. The third-order valence-corrected chi connectivity index (χ3v) is 5.41. The molecule has 2 atom stereocenters. The highest BCUT2D eigenvalue weighted by atomic mass is 19.4. The summed E-state index contributed by atoms with van der Waals surface area (Å²) in [5.41, 5.74) is 1.23. The number of rotatable bonds is 3. The van der Waals surface area contributed by atoms with Gasteiger partial charge in [-0.15, -0.1) is 0 Å². The van der Waals surface area contributed by atoms with Crippen molar-refractivity contribution < 1.29 is 17.9 Å². The smallest absolute Gasteiger partial charge is 0.369 e. The quantitative estimate of drug-likeness (QED) is 0.637. The molecule has 2 aliphatic heterocycles. The first-order chi connectivity index (χ1) is 14.9. The summed E-state index contributed by atoms with van der Waals surface area (Å²) in [5.74, 6) is 0.480. The van der Waals surface area contributed by atoms with Gasteiger partial charge in [0.1, 0.15) is 6.10 Å². The number of halogens is 3. The molecule has 8 nitrogen and oxygen atoms in total. The first-order valence-corrected chi connectivity index (χ1v) is 9.73. The van der Waals surface area contributed by atoms with Crippen molar-refractivity contribution in [1.29, 1.82) is 0 Å². The summed E-state index contributed by atoms with van der Waals surface area (Å²) < 4.78 is 46.6. The molecule has 0 N–H and O–H groups in total. The topological polar surface area (TPSA) is 80.8 Å². The maximum absolute atomic E-state index is 13.1. The van der Waals surface area contributed by atoms with Crippen LogP contribution >= 0.6 is 0 Å². The molecule has 5 heterocycles. The minimum absolute atomic E-state index is 0.0389. The second-order valence-corrected chi connectivity index (χ2v) is 7.31. The molecule has 0 spiro atoms. The lowest BCUT2D eigenvalue weighted by molar-refractivity contribution is -0.141. The van der Waals surface area contributed by atoms with Gasteiger partial charge in [0.15, 0.2) is 11.3 Å². The summed E-state index contributed by atoms with van der Waals surface area (Å²) in [6.45, 7) is 3.78. The summed E-state index contributed by atoms with van der Waals surface area (Å²) in [6.07, 6.45) is 4.26. The van der Waals surface area contributed by atoms with Crippen LogP contribution in [0.5, 0.6) is 0 Å². The first-order valence-electron chi connectivity index (χ1n) is 9.73. The highest BCUT2D eigenvalue weighted by Gasteiger charge is 2.34. The van der Waals surface area contributed by atoms with Crippen LogP contribution in [-0.2, 0) is 10.9 Å². The Morgan fingerprint density at radius 1 is 1.16 bits per heavy atom. The van der Waals surface area contributed by atoms with E-state index in [4.69, 9.17) is 4.74 Å². The van der Waals surface area contributed by atoms with Crippen LogP contribution in [0.3, 0.4) is 0 Å². The number of hydrogen-bond donors (Lipinski definition) is 0. The van der Waals surface area contributed by atoms with Gasteiger partial charge in [-0.05, 0) is 18.6 Å². The van der Waals surface area contributed by atoms with Gasteiger partial charge in [0.2, 0.25) is 5.95 Å². The van der Waals surface area contributed by atoms with Gasteiger partial charge in [0.25, 0.3) is 0 Å². The third kappa shape index (κ3) is 3.54. The lowest BCUT2D eigenvalue weighted by Crippen LogP contribution is -2.51. The Morgan fingerprint density at radius 2 is 2.03 bits per heavy atom. The minimum atomic E-state index is -4.55. The molecule has 2 unspecified atom stereocenters. The summed E-state index contributed by atoms with van der Waals surface area (Å²) in [5, 5.41) is 0. The average molecular weight is 429 g/mol. The Hall–Kier alpha value is -3.34. The van der Waals surface area contributed by atoms with Crippen molar-refractivity contribution in [2.75, 3.05) is 24.6 Å². The van der Waals surface area contributed by atoms with E-state index in [1.165, 1.54) is 10.6 Å². The van der Waals surface area contributed by atoms with Crippen molar-refractivity contribution in [3.05, 3.63) is 48.2 Å². The van der Waals surface area contributed by atoms with Gasteiger partial charge in [-0.3, -0.25) is 9.39 Å². The zero-order valence-corrected chi connectivity index (χ0v) is 16.5. The van der Waals surface area contributed by atoms with Crippen LogP contribution < -0.4 is 4.90 Å². The van der Waals surface area contributed by atoms with Gasteiger partial charge < -0.3 is 9.64 Å². The van der Waals surface area contributed by atoms with E-state index in [1.54, 1.807) is 12.3 Å². The van der Waals surface area contributed by atoms with Gasteiger partial charge >= 0.3 is 6.18 Å². The fraction of sp³-hybridized carbons (Fsp3) is 0.350. The first kappa shape index (κ1) is 19.6. The van der Waals surface area contributed by atoms with E-state index in [0.29, 0.717) is 42.7 Å². The monoisotopic (exact) mass is 429 g/mol. The van der Waals surface area contributed by atoms with Gasteiger partial charge in [-0.1, -0.05) is 6.08 Å². The number of aliphatic imine (C=N–C) groups is 1. The summed E-state index contributed by atoms with van der Waals surface area (Å²) in [7, 11) is 0. The molecule has 0 bridgehead atoms. The minimum Gasteiger partial charge on any atom is -0.369 e. The highest BCUT2D eigenvalue weighted by molar-refractivity contribution is 5.82. The highest BCUT2D eigenvalue weighted by Crippen LogP contribution is 2.30. The standard InChI is InChI=1S/C20H18F3N7O/c1-12-18(13-2-4-24-8-13)31-7-6-29(12)19-25-5-3-14(28-19)15-9-27-17-10-26-16(11-30(15)17)20(21,22)23/h2-3,5,8-12,18H,4,6-7H2,1H3. The maximum atomic E-state index is 13.1. The molecule has 1 saturated heterocycles. The van der Waals surface area contributed by atoms with Gasteiger partial charge in [0, 0.05) is 25.2 Å². The van der Waals surface area contributed by atoms with Crippen molar-refractivity contribution in [3.63, 3.8) is 0 Å². The molecule has 2 aliphatic rings. The van der Waals surface area contributed by atoms with Crippen LogP contribution in [0.2, 0.25) is 0 Å². The number of morpholine rings is 1. The molecule has 11 heteroatoms. The Kier molecular flexibility index (Phi) is 4.69. The second-order valence-electron chi connectivity index (χ2n) is 7.31. The van der Waals surface area contributed by atoms with Gasteiger partial charge in [0.05, 0.1) is 43.0 Å². The number of ether oxygens (including phenoxy) is 1. The van der Waals surface area contributed by atoms with E-state index in [9.17, 15) is 13.2 Å². The molecular formula is C20H18F3N7O. The van der Waals surface area contributed by atoms with Gasteiger partial charge in [-0.25, -0.2) is 19.9 Å². The third-order valence-electron chi connectivity index (χ3n) is 5.41. The number of aromatic nitrogens is 5. The molecule has 5 rings (SSSR count). The number of anilines is 1. The summed E-state index contributed by atoms with van der Waals surface area (Å²) in [6, 6.07) is 1.61. The lowest BCUT2D eigenvalue weighted by atomic mass is 10.0. The normalized spacial score (nSPS) is 21.7. The molecular weight excluding hydrogens is 411 g/mol. The van der Waals surface area contributed by atoms with E-state index in [0.717, 1.165) is 18.0 Å². The molecule has 0 aromatic carbocycles. The van der Waals surface area contributed by atoms with Crippen LogP contribution in [0.4, 0.5) is 19.1 Å². The molecule has 0 saturated carbocycles. The Bertz CT molecular complexity index is 1190. The zero-order chi connectivity index (χ0) is 21.6. The predicted molar refractivity (Wildman–Crippen MR) is 107 cm³/mol. The molecule has 3 aromatic rings. The van der Waals surface area contributed by atoms with E-state index >= 15 is 0 Å². The van der Waals surface area contributed by atoms with Crippen LogP contribution in [0.1, 0.15) is 12.6 Å². The molecule has 31 heavy (non-hydrogen) atoms. The zero-order valence-electron chi connectivity index (χ0n) is 16.5. The maximum Gasteiger partial charge on any atom is 0.434 e. The molecule has 0 amide bonds. The number of alkyl halides is 3. The lowest BCUT2D eigenvalue weighted by Gasteiger charge is -2.39. The van der Waals surface area contributed by atoms with Crippen molar-refractivity contribution in [3.8, 4) is 11.4 Å². The molecule has 1 fully saturated rings. The number of fused-ring (bicyclic) bond motifs is 1. The Balaban J connectivity index is 1.50. The fourth-order valence-electron chi connectivity index (χ4n) is 3.85. The van der Waals surface area contributed by atoms with Crippen molar-refractivity contribution >= 4 is 17.8 Å². The Labute approximate surface area is 175 Å².